The molecular weight excluding hydrogens is 158 g/mol. The van der Waals surface area contributed by atoms with Crippen LogP contribution >= 0.6 is 0 Å². The van der Waals surface area contributed by atoms with E-state index in [-0.39, 0.29) is 5.92 Å². The van der Waals surface area contributed by atoms with Gasteiger partial charge in [0, 0.05) is 0 Å². The quantitative estimate of drug-likeness (QED) is 0.280. The number of amides is 1. The van der Waals surface area contributed by atoms with Crippen LogP contribution < -0.4 is 17.0 Å². The summed E-state index contributed by atoms with van der Waals surface area (Å²) in [6, 6.07) is -0.650. The van der Waals surface area contributed by atoms with Crippen molar-refractivity contribution in [2.45, 2.75) is 26.3 Å². The molecule has 1 atom stereocenters. The zero-order valence-corrected chi connectivity index (χ0v) is 7.33. The molecule has 0 bridgehead atoms. The summed E-state index contributed by atoms with van der Waals surface area (Å²) in [4.78, 5) is 21.5. The van der Waals surface area contributed by atoms with Crippen LogP contribution in [0.4, 0.5) is 0 Å². The van der Waals surface area contributed by atoms with Crippen LogP contribution in [0.3, 0.4) is 0 Å². The van der Waals surface area contributed by atoms with E-state index >= 15 is 0 Å². The molecule has 70 valence electrons. The number of nitrogens with two attached hydrogens (primary N) is 2. The van der Waals surface area contributed by atoms with Crippen LogP contribution in [0.5, 0.6) is 0 Å². The lowest BCUT2D eigenvalue weighted by Gasteiger charge is -2.14. The van der Waals surface area contributed by atoms with Crippen molar-refractivity contribution in [2.24, 2.45) is 17.5 Å². The normalized spacial score (nSPS) is 13.0. The Morgan fingerprint density at radius 1 is 1.42 bits per heavy atom. The van der Waals surface area contributed by atoms with E-state index in [0.717, 1.165) is 0 Å². The second-order valence-corrected chi connectivity index (χ2v) is 3.08. The maximum Gasteiger partial charge on any atom is 0.286 e. The summed E-state index contributed by atoms with van der Waals surface area (Å²) in [5.41, 5.74) is 7.07. The Labute approximate surface area is 71.5 Å². The Kier molecular flexibility index (Phi) is 4.46. The Morgan fingerprint density at radius 2 is 1.92 bits per heavy atom. The summed E-state index contributed by atoms with van der Waals surface area (Å²) in [5.74, 6) is 3.76. The fraction of sp³-hybridized carbons (Fsp3) is 0.714. The number of nitrogens with one attached hydrogen (secondary N) is 1. The maximum absolute atomic E-state index is 11.0. The molecule has 0 aliphatic rings. The average molecular weight is 173 g/mol. The third kappa shape index (κ3) is 3.45. The molecule has 0 fully saturated rings. The zero-order valence-electron chi connectivity index (χ0n) is 7.33. The summed E-state index contributed by atoms with van der Waals surface area (Å²) in [6.07, 6.45) is 0.512. The maximum atomic E-state index is 11.0. The lowest BCUT2D eigenvalue weighted by atomic mass is 10.0. The highest BCUT2D eigenvalue weighted by Gasteiger charge is 2.22. The number of carbonyl (C=O) groups excluding carboxylic acids is 2. The molecule has 0 heterocycles. The smallest absolute Gasteiger partial charge is 0.286 e. The van der Waals surface area contributed by atoms with Gasteiger partial charge in [-0.25, -0.2) is 5.43 Å². The largest absolute Gasteiger partial charge is 0.363 e. The minimum Gasteiger partial charge on any atom is -0.363 e. The van der Waals surface area contributed by atoms with Gasteiger partial charge >= 0.3 is 0 Å². The van der Waals surface area contributed by atoms with Crippen molar-refractivity contribution in [2.75, 3.05) is 0 Å². The highest BCUT2D eigenvalue weighted by atomic mass is 16.2. The molecule has 5 nitrogen and oxygen atoms in total. The standard InChI is InChI=1S/C7H15N3O2/c1-4(2)3-5(10-9)6(11)7(8)12/h4-5,10H,3,9H2,1-2H3,(H2,8,12). The van der Waals surface area contributed by atoms with E-state index in [4.69, 9.17) is 11.6 Å². The average Bonchev–Trinajstić information content (AvgIpc) is 1.98. The Morgan fingerprint density at radius 3 is 2.17 bits per heavy atom. The number of carbonyl (C=O) groups is 2. The molecule has 5 N–H and O–H groups in total. The van der Waals surface area contributed by atoms with Crippen molar-refractivity contribution in [1.29, 1.82) is 0 Å². The fourth-order valence-electron chi connectivity index (χ4n) is 0.894. The molecule has 0 aromatic heterocycles. The molecule has 0 aliphatic heterocycles. The first-order chi connectivity index (χ1) is 5.49. The Balaban J connectivity index is 4.15. The molecule has 0 aromatic rings. The lowest BCUT2D eigenvalue weighted by molar-refractivity contribution is -0.137. The molecule has 5 heteroatoms. The first-order valence-corrected chi connectivity index (χ1v) is 3.78. The van der Waals surface area contributed by atoms with Gasteiger partial charge in [-0.05, 0) is 12.3 Å². The van der Waals surface area contributed by atoms with Gasteiger partial charge in [-0.15, -0.1) is 0 Å². The number of hydrogen-bond acceptors (Lipinski definition) is 4. The van der Waals surface area contributed by atoms with Gasteiger partial charge in [0.05, 0.1) is 6.04 Å². The second kappa shape index (κ2) is 4.84. The predicted octanol–water partition coefficient (Wildman–Crippen LogP) is -1.08. The van der Waals surface area contributed by atoms with Crippen LogP contribution in [-0.2, 0) is 9.59 Å². The zero-order chi connectivity index (χ0) is 9.72. The van der Waals surface area contributed by atoms with Gasteiger partial charge < -0.3 is 5.73 Å². The molecule has 1 unspecified atom stereocenters. The van der Waals surface area contributed by atoms with Crippen molar-refractivity contribution in [1.82, 2.24) is 5.43 Å². The molecular formula is C7H15N3O2. The topological polar surface area (TPSA) is 98.2 Å². The van der Waals surface area contributed by atoms with Crippen molar-refractivity contribution >= 4 is 11.7 Å². The van der Waals surface area contributed by atoms with E-state index in [1.54, 1.807) is 0 Å². The molecule has 0 saturated carbocycles. The third-order valence-corrected chi connectivity index (χ3v) is 1.47. The number of primary amides is 1. The summed E-state index contributed by atoms with van der Waals surface area (Å²) in [6.45, 7) is 3.86. The number of hydrazine groups is 1. The van der Waals surface area contributed by atoms with Gasteiger partial charge in [0.2, 0.25) is 5.78 Å². The molecule has 0 radical (unpaired) electrons. The summed E-state index contributed by atoms with van der Waals surface area (Å²) >= 11 is 0. The second-order valence-electron chi connectivity index (χ2n) is 3.08. The van der Waals surface area contributed by atoms with E-state index in [1.807, 2.05) is 13.8 Å². The predicted molar refractivity (Wildman–Crippen MR) is 44.8 cm³/mol. The van der Waals surface area contributed by atoms with Crippen molar-refractivity contribution in [3.05, 3.63) is 0 Å². The van der Waals surface area contributed by atoms with Crippen LogP contribution in [-0.4, -0.2) is 17.7 Å². The highest BCUT2D eigenvalue weighted by Crippen LogP contribution is 2.04. The lowest BCUT2D eigenvalue weighted by Crippen LogP contribution is -2.47. The fourth-order valence-corrected chi connectivity index (χ4v) is 0.894. The Hall–Kier alpha value is -0.940. The van der Waals surface area contributed by atoms with Crippen LogP contribution in [0.15, 0.2) is 0 Å². The molecule has 1 amide bonds. The summed E-state index contributed by atoms with van der Waals surface area (Å²) in [7, 11) is 0. The van der Waals surface area contributed by atoms with E-state index in [2.05, 4.69) is 5.43 Å². The van der Waals surface area contributed by atoms with E-state index in [1.165, 1.54) is 0 Å². The minimum atomic E-state index is -0.946. The monoisotopic (exact) mass is 173 g/mol. The van der Waals surface area contributed by atoms with Gasteiger partial charge in [0.15, 0.2) is 0 Å². The number of rotatable bonds is 5. The van der Waals surface area contributed by atoms with Crippen molar-refractivity contribution in [3.8, 4) is 0 Å². The molecule has 12 heavy (non-hydrogen) atoms. The van der Waals surface area contributed by atoms with Gasteiger partial charge in [-0.2, -0.15) is 0 Å². The highest BCUT2D eigenvalue weighted by molar-refractivity contribution is 6.37. The van der Waals surface area contributed by atoms with Crippen molar-refractivity contribution in [3.63, 3.8) is 0 Å². The minimum absolute atomic E-state index is 0.286. The van der Waals surface area contributed by atoms with Crippen LogP contribution in [0.1, 0.15) is 20.3 Å². The first kappa shape index (κ1) is 11.1. The summed E-state index contributed by atoms with van der Waals surface area (Å²) in [5, 5.41) is 0. The van der Waals surface area contributed by atoms with Gasteiger partial charge in [-0.1, -0.05) is 13.8 Å². The van der Waals surface area contributed by atoms with Crippen LogP contribution in [0, 0.1) is 5.92 Å². The number of hydrogen-bond donors (Lipinski definition) is 3. The first-order valence-electron chi connectivity index (χ1n) is 3.78. The van der Waals surface area contributed by atoms with E-state index in [0.29, 0.717) is 6.42 Å². The van der Waals surface area contributed by atoms with Gasteiger partial charge in [0.25, 0.3) is 5.91 Å². The van der Waals surface area contributed by atoms with Crippen LogP contribution in [0.25, 0.3) is 0 Å². The van der Waals surface area contributed by atoms with E-state index < -0.39 is 17.7 Å². The third-order valence-electron chi connectivity index (χ3n) is 1.47. The van der Waals surface area contributed by atoms with Crippen LogP contribution in [0.2, 0.25) is 0 Å². The molecule has 0 rings (SSSR count). The van der Waals surface area contributed by atoms with Crippen molar-refractivity contribution < 1.29 is 9.59 Å². The van der Waals surface area contributed by atoms with Gasteiger partial charge in [0.1, 0.15) is 0 Å². The Bertz CT molecular complexity index is 179. The molecule has 0 spiro atoms. The molecule has 0 saturated heterocycles. The number of ketones is 1. The van der Waals surface area contributed by atoms with E-state index in [9.17, 15) is 9.59 Å². The molecule has 0 aliphatic carbocycles. The summed E-state index contributed by atoms with van der Waals surface area (Å²) < 4.78 is 0. The number of Topliss-reactive ketones (excluding diaryl/α,β-unsaturated/α-hetero) is 1. The molecule has 0 aromatic carbocycles. The van der Waals surface area contributed by atoms with Gasteiger partial charge in [-0.3, -0.25) is 15.4 Å². The SMILES string of the molecule is CC(C)CC(NN)C(=O)C(N)=O.